The molecule has 7 nitrogen and oxygen atoms in total. The van der Waals surface area contributed by atoms with Crippen LogP contribution < -0.4 is 9.64 Å². The Bertz CT molecular complexity index is 837. The average Bonchev–Trinajstić information content (AvgIpc) is 2.67. The summed E-state index contributed by atoms with van der Waals surface area (Å²) in [6.07, 6.45) is 0. The summed E-state index contributed by atoms with van der Waals surface area (Å²) in [5, 5.41) is 10.6. The molecule has 0 atom stereocenters. The van der Waals surface area contributed by atoms with E-state index in [1.54, 1.807) is 17.0 Å². The van der Waals surface area contributed by atoms with Crippen molar-refractivity contribution in [2.45, 2.75) is 0 Å². The summed E-state index contributed by atoms with van der Waals surface area (Å²) in [4.78, 5) is 25.8. The third kappa shape index (κ3) is 4.49. The summed E-state index contributed by atoms with van der Waals surface area (Å²) in [5.41, 5.74) is 0.496. The van der Waals surface area contributed by atoms with Gasteiger partial charge >= 0.3 is 0 Å². The van der Waals surface area contributed by atoms with Crippen LogP contribution in [0.5, 0.6) is 5.75 Å². The number of nitro benzene ring substituents is 1. The number of non-ortho nitro benzene ring substituents is 1. The highest BCUT2D eigenvalue weighted by Gasteiger charge is 2.22. The quantitative estimate of drug-likeness (QED) is 0.591. The van der Waals surface area contributed by atoms with Crippen LogP contribution in [0, 0.1) is 21.7 Å². The van der Waals surface area contributed by atoms with Gasteiger partial charge in [0, 0.05) is 37.9 Å². The Labute approximate surface area is 153 Å². The van der Waals surface area contributed by atoms with E-state index in [-0.39, 0.29) is 29.8 Å². The van der Waals surface area contributed by atoms with Crippen molar-refractivity contribution in [1.82, 2.24) is 4.90 Å². The summed E-state index contributed by atoms with van der Waals surface area (Å²) in [6.45, 7) is 1.74. The SMILES string of the molecule is O=C(COc1ccc([N+](=O)[O-])cc1F)N1CCN(c2ccc(F)cc2)CC1. The number of ether oxygens (including phenoxy) is 1. The van der Waals surface area contributed by atoms with Gasteiger partial charge in [-0.3, -0.25) is 14.9 Å². The van der Waals surface area contributed by atoms with Crippen LogP contribution >= 0.6 is 0 Å². The van der Waals surface area contributed by atoms with E-state index < -0.39 is 10.7 Å². The number of nitrogens with zero attached hydrogens (tertiary/aromatic N) is 3. The lowest BCUT2D eigenvalue weighted by Gasteiger charge is -2.36. The minimum Gasteiger partial charge on any atom is -0.481 e. The second-order valence-corrected chi connectivity index (χ2v) is 6.00. The van der Waals surface area contributed by atoms with Gasteiger partial charge in [-0.15, -0.1) is 0 Å². The molecule has 142 valence electrons. The molecule has 0 aliphatic carbocycles. The van der Waals surface area contributed by atoms with Crippen molar-refractivity contribution < 1.29 is 23.2 Å². The van der Waals surface area contributed by atoms with E-state index in [4.69, 9.17) is 4.74 Å². The second-order valence-electron chi connectivity index (χ2n) is 6.00. The van der Waals surface area contributed by atoms with Crippen LogP contribution in [0.3, 0.4) is 0 Å². The molecule has 1 saturated heterocycles. The molecule has 2 aromatic carbocycles. The molecule has 0 N–H and O–H groups in total. The first-order valence-corrected chi connectivity index (χ1v) is 8.29. The molecule has 9 heteroatoms. The van der Waals surface area contributed by atoms with Crippen LogP contribution in [0.1, 0.15) is 0 Å². The molecular weight excluding hydrogens is 360 g/mol. The lowest BCUT2D eigenvalue weighted by molar-refractivity contribution is -0.385. The van der Waals surface area contributed by atoms with Crippen LogP contribution in [0.25, 0.3) is 0 Å². The molecule has 1 amide bonds. The van der Waals surface area contributed by atoms with Gasteiger partial charge in [-0.2, -0.15) is 0 Å². The minimum absolute atomic E-state index is 0.209. The maximum Gasteiger partial charge on any atom is 0.272 e. The maximum atomic E-state index is 13.8. The smallest absolute Gasteiger partial charge is 0.272 e. The molecular formula is C18H17F2N3O4. The van der Waals surface area contributed by atoms with Gasteiger partial charge in [-0.05, 0) is 30.3 Å². The first-order valence-electron chi connectivity index (χ1n) is 8.29. The molecule has 0 unspecified atom stereocenters. The topological polar surface area (TPSA) is 75.9 Å². The number of piperazine rings is 1. The Kier molecular flexibility index (Phi) is 5.49. The molecule has 1 aliphatic rings. The Morgan fingerprint density at radius 2 is 1.74 bits per heavy atom. The van der Waals surface area contributed by atoms with Crippen molar-refractivity contribution in [3.63, 3.8) is 0 Å². The number of nitro groups is 1. The molecule has 0 aromatic heterocycles. The van der Waals surface area contributed by atoms with Crippen LogP contribution in [-0.4, -0.2) is 48.5 Å². The number of rotatable bonds is 5. The number of anilines is 1. The highest BCUT2D eigenvalue weighted by Crippen LogP contribution is 2.22. The molecule has 1 fully saturated rings. The van der Waals surface area contributed by atoms with Crippen LogP contribution in [-0.2, 0) is 4.79 Å². The van der Waals surface area contributed by atoms with Crippen molar-refractivity contribution in [2.75, 3.05) is 37.7 Å². The summed E-state index contributed by atoms with van der Waals surface area (Å²) in [6, 6.07) is 9.15. The van der Waals surface area contributed by atoms with Gasteiger partial charge in [0.1, 0.15) is 5.82 Å². The van der Waals surface area contributed by atoms with Gasteiger partial charge in [0.15, 0.2) is 18.2 Å². The highest BCUT2D eigenvalue weighted by molar-refractivity contribution is 5.78. The van der Waals surface area contributed by atoms with E-state index in [2.05, 4.69) is 0 Å². The molecule has 0 spiro atoms. The van der Waals surface area contributed by atoms with Crippen molar-refractivity contribution in [2.24, 2.45) is 0 Å². The summed E-state index contributed by atoms with van der Waals surface area (Å²) in [7, 11) is 0. The predicted molar refractivity (Wildman–Crippen MR) is 93.7 cm³/mol. The highest BCUT2D eigenvalue weighted by atomic mass is 19.1. The van der Waals surface area contributed by atoms with Crippen molar-refractivity contribution in [3.05, 3.63) is 64.2 Å². The first kappa shape index (κ1) is 18.6. The molecule has 27 heavy (non-hydrogen) atoms. The number of hydrogen-bond acceptors (Lipinski definition) is 5. The number of halogens is 2. The summed E-state index contributed by atoms with van der Waals surface area (Å²) in [5.74, 6) is -1.70. The fraction of sp³-hybridized carbons (Fsp3) is 0.278. The molecule has 3 rings (SSSR count). The van der Waals surface area contributed by atoms with E-state index in [9.17, 15) is 23.7 Å². The van der Waals surface area contributed by atoms with Crippen LogP contribution in [0.4, 0.5) is 20.2 Å². The van der Waals surface area contributed by atoms with Crippen LogP contribution in [0.2, 0.25) is 0 Å². The molecule has 1 aliphatic heterocycles. The normalized spacial score (nSPS) is 14.1. The summed E-state index contributed by atoms with van der Waals surface area (Å²) < 4.78 is 31.9. The number of benzene rings is 2. The van der Waals surface area contributed by atoms with Gasteiger partial charge in [0.25, 0.3) is 11.6 Å². The van der Waals surface area contributed by atoms with E-state index >= 15 is 0 Å². The van der Waals surface area contributed by atoms with E-state index in [0.717, 1.165) is 23.9 Å². The van der Waals surface area contributed by atoms with E-state index in [1.165, 1.54) is 12.1 Å². The fourth-order valence-corrected chi connectivity index (χ4v) is 2.82. The predicted octanol–water partition coefficient (Wildman–Crippen LogP) is 2.60. The Morgan fingerprint density at radius 3 is 2.33 bits per heavy atom. The molecule has 0 radical (unpaired) electrons. The average molecular weight is 377 g/mol. The Hall–Kier alpha value is -3.23. The molecule has 0 saturated carbocycles. The Balaban J connectivity index is 1.51. The minimum atomic E-state index is -0.891. The fourth-order valence-electron chi connectivity index (χ4n) is 2.82. The standard InChI is InChI=1S/C18H17F2N3O4/c19-13-1-3-14(4-2-13)21-7-9-22(10-8-21)18(24)12-27-17-6-5-15(23(25)26)11-16(17)20/h1-6,11H,7-10,12H2. The zero-order valence-electron chi connectivity index (χ0n) is 14.3. The third-order valence-corrected chi connectivity index (χ3v) is 4.30. The summed E-state index contributed by atoms with van der Waals surface area (Å²) >= 11 is 0. The molecule has 0 bridgehead atoms. The maximum absolute atomic E-state index is 13.8. The van der Waals surface area contributed by atoms with Gasteiger partial charge in [-0.25, -0.2) is 8.78 Å². The van der Waals surface area contributed by atoms with Crippen LogP contribution in [0.15, 0.2) is 42.5 Å². The lowest BCUT2D eigenvalue weighted by atomic mass is 10.2. The Morgan fingerprint density at radius 1 is 1.07 bits per heavy atom. The van der Waals surface area contributed by atoms with E-state index in [0.29, 0.717) is 26.2 Å². The number of carbonyl (C=O) groups excluding carboxylic acids is 1. The number of carbonyl (C=O) groups is 1. The third-order valence-electron chi connectivity index (χ3n) is 4.30. The van der Waals surface area contributed by atoms with Crippen molar-refractivity contribution >= 4 is 17.3 Å². The monoisotopic (exact) mass is 377 g/mol. The lowest BCUT2D eigenvalue weighted by Crippen LogP contribution is -2.50. The van der Waals surface area contributed by atoms with Gasteiger partial charge in [-0.1, -0.05) is 0 Å². The number of amides is 1. The largest absolute Gasteiger partial charge is 0.481 e. The molecule has 2 aromatic rings. The second kappa shape index (κ2) is 7.98. The molecule has 1 heterocycles. The van der Waals surface area contributed by atoms with Gasteiger partial charge in [0.05, 0.1) is 11.0 Å². The zero-order valence-corrected chi connectivity index (χ0v) is 14.3. The zero-order chi connectivity index (χ0) is 19.4. The van der Waals surface area contributed by atoms with Gasteiger partial charge < -0.3 is 14.5 Å². The number of hydrogen-bond donors (Lipinski definition) is 0. The van der Waals surface area contributed by atoms with Crippen molar-refractivity contribution in [3.8, 4) is 5.75 Å². The van der Waals surface area contributed by atoms with E-state index in [1.807, 2.05) is 4.90 Å². The van der Waals surface area contributed by atoms with Crippen molar-refractivity contribution in [1.29, 1.82) is 0 Å². The van der Waals surface area contributed by atoms with Gasteiger partial charge in [0.2, 0.25) is 0 Å². The first-order chi connectivity index (χ1) is 12.9.